The predicted molar refractivity (Wildman–Crippen MR) is 35.9 cm³/mol. The lowest BCUT2D eigenvalue weighted by molar-refractivity contribution is 0.117. The van der Waals surface area contributed by atoms with Crippen LogP contribution in [0, 0.1) is 0 Å². The van der Waals surface area contributed by atoms with Gasteiger partial charge in [-0.3, -0.25) is 0 Å². The van der Waals surface area contributed by atoms with Gasteiger partial charge in [0.25, 0.3) is 0 Å². The molecule has 5 nitrogen and oxygen atoms in total. The summed E-state index contributed by atoms with van der Waals surface area (Å²) < 4.78 is 0. The second kappa shape index (κ2) is 8.78. The fourth-order valence-electron chi connectivity index (χ4n) is 0. The Balaban J connectivity index is -0.0000000800. The first-order chi connectivity index (χ1) is 3.41. The van der Waals surface area contributed by atoms with E-state index >= 15 is 0 Å². The molecule has 0 aromatic carbocycles. The van der Waals surface area contributed by atoms with E-state index in [1.165, 1.54) is 0 Å². The van der Waals surface area contributed by atoms with Gasteiger partial charge in [-0.15, -0.1) is 0 Å². The van der Waals surface area contributed by atoms with Gasteiger partial charge in [0.15, 0.2) is 0 Å². The summed E-state index contributed by atoms with van der Waals surface area (Å²) in [6, 6.07) is 0. The molecule has 0 fully saturated rings. The van der Waals surface area contributed by atoms with Crippen molar-refractivity contribution in [3.63, 3.8) is 0 Å². The van der Waals surface area contributed by atoms with Crippen LogP contribution in [0.4, 0.5) is 0 Å². The molecule has 0 unspecified atom stereocenters. The van der Waals surface area contributed by atoms with Gasteiger partial charge < -0.3 is 24.3 Å². The molecule has 0 rings (SSSR count). The fraction of sp³-hybridized carbons (Fsp3) is 1.00. The SMILES string of the molecule is CCO.O[Si](O)(O)O.[MgH2]. The molecular weight excluding hydrogens is 156 g/mol. The molecule has 0 aliphatic heterocycles. The fourth-order valence-corrected chi connectivity index (χ4v) is 0. The second-order valence-electron chi connectivity index (χ2n) is 0.916. The zero-order chi connectivity index (χ0) is 7.21. The average Bonchev–Trinajstić information content (AvgIpc) is 1.27. The first kappa shape index (κ1) is 16.4. The van der Waals surface area contributed by atoms with Gasteiger partial charge in [0.2, 0.25) is 0 Å². The molecule has 7 heteroatoms. The highest BCUT2D eigenvalue weighted by Crippen LogP contribution is 1.67. The standard InChI is InChI=1S/C2H6O.Mg.H4O4Si.2H/c1-2-3;;1-5(2,3)4;;/h3H,2H2,1H3;;1-4H;;. The highest BCUT2D eigenvalue weighted by Gasteiger charge is 2.22. The number of hydrogen-bond acceptors (Lipinski definition) is 5. The molecule has 0 aromatic rings. The lowest BCUT2D eigenvalue weighted by atomic mass is 10.9. The maximum atomic E-state index is 7.57. The van der Waals surface area contributed by atoms with Crippen molar-refractivity contribution in [1.29, 1.82) is 0 Å². The van der Waals surface area contributed by atoms with E-state index in [9.17, 15) is 0 Å². The Kier molecular flexibility index (Phi) is 16.0. The normalized spacial score (nSPS) is 8.67. The van der Waals surface area contributed by atoms with Crippen molar-refractivity contribution in [3.8, 4) is 0 Å². The van der Waals surface area contributed by atoms with Crippen molar-refractivity contribution in [3.05, 3.63) is 0 Å². The summed E-state index contributed by atoms with van der Waals surface area (Å²) in [5.41, 5.74) is 0. The Morgan fingerprint density at radius 1 is 1.11 bits per heavy atom. The Morgan fingerprint density at radius 2 is 1.11 bits per heavy atom. The molecule has 5 N–H and O–H groups in total. The van der Waals surface area contributed by atoms with Gasteiger partial charge in [-0.2, -0.15) is 0 Å². The van der Waals surface area contributed by atoms with Gasteiger partial charge in [-0.1, -0.05) is 0 Å². The van der Waals surface area contributed by atoms with Crippen LogP contribution in [0.5, 0.6) is 0 Å². The van der Waals surface area contributed by atoms with Gasteiger partial charge in [-0.25, -0.2) is 0 Å². The van der Waals surface area contributed by atoms with Gasteiger partial charge in [0.05, 0.1) is 0 Å². The van der Waals surface area contributed by atoms with Gasteiger partial charge >= 0.3 is 32.1 Å². The van der Waals surface area contributed by atoms with Crippen molar-refractivity contribution in [2.45, 2.75) is 6.92 Å². The Labute approximate surface area is 70.2 Å². The highest BCUT2D eigenvalue weighted by molar-refractivity contribution is 6.46. The van der Waals surface area contributed by atoms with E-state index in [4.69, 9.17) is 24.3 Å². The average molecular weight is 169 g/mol. The minimum Gasteiger partial charge on any atom is -0.397 e. The van der Waals surface area contributed by atoms with Crippen LogP contribution in [0.2, 0.25) is 0 Å². The second-order valence-corrected chi connectivity index (χ2v) is 2.12. The van der Waals surface area contributed by atoms with E-state index in [1.54, 1.807) is 6.92 Å². The Morgan fingerprint density at radius 3 is 1.11 bits per heavy atom. The molecule has 0 saturated heterocycles. The monoisotopic (exact) mass is 168 g/mol. The summed E-state index contributed by atoms with van der Waals surface area (Å²) in [5.74, 6) is 0. The number of aliphatic hydroxyl groups excluding tert-OH is 1. The molecule has 0 saturated carbocycles. The maximum absolute atomic E-state index is 7.57. The summed E-state index contributed by atoms with van der Waals surface area (Å²) in [6.07, 6.45) is 0. The lowest BCUT2D eigenvalue weighted by Gasteiger charge is -1.91. The summed E-state index contributed by atoms with van der Waals surface area (Å²) in [7, 11) is -4.61. The lowest BCUT2D eigenvalue weighted by Crippen LogP contribution is -2.33. The number of aliphatic hydroxyl groups is 1. The molecule has 0 spiro atoms. The van der Waals surface area contributed by atoms with Gasteiger partial charge in [0, 0.05) is 6.61 Å². The van der Waals surface area contributed by atoms with Crippen molar-refractivity contribution in [1.82, 2.24) is 0 Å². The van der Waals surface area contributed by atoms with Crippen molar-refractivity contribution in [2.24, 2.45) is 0 Å². The van der Waals surface area contributed by atoms with E-state index in [1.807, 2.05) is 0 Å². The molecule has 56 valence electrons. The summed E-state index contributed by atoms with van der Waals surface area (Å²) >= 11 is 0. The minimum atomic E-state index is -4.61. The van der Waals surface area contributed by atoms with Gasteiger partial charge in [0.1, 0.15) is 0 Å². The third-order valence-corrected chi connectivity index (χ3v) is 0. The zero-order valence-electron chi connectivity index (χ0n) is 4.44. The third kappa shape index (κ3) is 659. The van der Waals surface area contributed by atoms with E-state index in [2.05, 4.69) is 0 Å². The number of rotatable bonds is 0. The molecule has 0 heterocycles. The van der Waals surface area contributed by atoms with Crippen LogP contribution in [0.25, 0.3) is 0 Å². The molecule has 0 aliphatic carbocycles. The van der Waals surface area contributed by atoms with Crippen molar-refractivity contribution in [2.75, 3.05) is 6.61 Å². The van der Waals surface area contributed by atoms with Gasteiger partial charge in [-0.05, 0) is 6.92 Å². The van der Waals surface area contributed by atoms with Crippen LogP contribution in [0.15, 0.2) is 0 Å². The molecule has 0 atom stereocenters. The molecule has 0 bridgehead atoms. The topological polar surface area (TPSA) is 101 Å². The molecular formula is C2H12MgO5Si. The third-order valence-electron chi connectivity index (χ3n) is 0. The largest absolute Gasteiger partial charge is 0.668 e. The Hall–Kier alpha value is 0.783. The summed E-state index contributed by atoms with van der Waals surface area (Å²) in [6.45, 7) is 1.93. The molecule has 0 aromatic heterocycles. The minimum absolute atomic E-state index is 0. The van der Waals surface area contributed by atoms with E-state index in [0.29, 0.717) is 0 Å². The maximum Gasteiger partial charge on any atom is 0.668 e. The molecule has 0 aliphatic rings. The van der Waals surface area contributed by atoms with Crippen LogP contribution in [-0.4, -0.2) is 63.0 Å². The van der Waals surface area contributed by atoms with Crippen LogP contribution < -0.4 is 0 Å². The van der Waals surface area contributed by atoms with Crippen LogP contribution in [-0.2, 0) is 0 Å². The first-order valence-electron chi connectivity index (χ1n) is 1.92. The number of hydrogen-bond donors (Lipinski definition) is 5. The summed E-state index contributed by atoms with van der Waals surface area (Å²) in [5, 5.41) is 7.57. The highest BCUT2D eigenvalue weighted by atomic mass is 28.4. The van der Waals surface area contributed by atoms with E-state index in [0.717, 1.165) is 0 Å². The Bertz CT molecular complexity index is 38.7. The van der Waals surface area contributed by atoms with E-state index < -0.39 is 9.05 Å². The zero-order valence-corrected chi connectivity index (χ0v) is 5.44. The molecule has 0 amide bonds. The first-order valence-corrected chi connectivity index (χ1v) is 3.71. The predicted octanol–water partition coefficient (Wildman–Crippen LogP) is -3.53. The quantitative estimate of drug-likeness (QED) is 0.241. The smallest absolute Gasteiger partial charge is 0.397 e. The summed E-state index contributed by atoms with van der Waals surface area (Å²) in [4.78, 5) is 29.3. The van der Waals surface area contributed by atoms with Crippen LogP contribution in [0.3, 0.4) is 0 Å². The van der Waals surface area contributed by atoms with Crippen molar-refractivity contribution >= 4 is 32.1 Å². The van der Waals surface area contributed by atoms with Crippen molar-refractivity contribution < 1.29 is 24.3 Å². The molecule has 9 heavy (non-hydrogen) atoms. The molecule has 0 radical (unpaired) electrons. The van der Waals surface area contributed by atoms with Crippen LogP contribution >= 0.6 is 0 Å². The van der Waals surface area contributed by atoms with E-state index in [-0.39, 0.29) is 29.7 Å². The van der Waals surface area contributed by atoms with Crippen LogP contribution in [0.1, 0.15) is 6.92 Å².